The molecule has 0 saturated heterocycles. The topological polar surface area (TPSA) is 49.8 Å². The van der Waals surface area contributed by atoms with Gasteiger partial charge < -0.3 is 10.3 Å². The van der Waals surface area contributed by atoms with Crippen LogP contribution >= 0.6 is 12.2 Å². The van der Waals surface area contributed by atoms with Gasteiger partial charge in [-0.3, -0.25) is 9.36 Å². The molecule has 1 heterocycles. The second kappa shape index (κ2) is 6.62. The highest BCUT2D eigenvalue weighted by molar-refractivity contribution is 7.71. The molecule has 2 N–H and O–H groups in total. The first-order valence-electron chi connectivity index (χ1n) is 7.35. The van der Waals surface area contributed by atoms with Crippen LogP contribution in [0.15, 0.2) is 60.8 Å². The van der Waals surface area contributed by atoms with Crippen LogP contribution in [-0.4, -0.2) is 15.5 Å². The number of rotatable bonds is 4. The van der Waals surface area contributed by atoms with Crippen LogP contribution in [0.4, 0.5) is 0 Å². The van der Waals surface area contributed by atoms with Gasteiger partial charge in [-0.05, 0) is 36.8 Å². The maximum atomic E-state index is 12.5. The Morgan fingerprint density at radius 1 is 1.13 bits per heavy atom. The third kappa shape index (κ3) is 3.40. The molecule has 4 nitrogen and oxygen atoms in total. The fourth-order valence-corrected chi connectivity index (χ4v) is 2.61. The summed E-state index contributed by atoms with van der Waals surface area (Å²) in [5, 5.41) is 2.93. The number of benzene rings is 2. The Balaban J connectivity index is 1.81. The third-order valence-corrected chi connectivity index (χ3v) is 3.90. The van der Waals surface area contributed by atoms with Crippen molar-refractivity contribution in [2.45, 2.75) is 13.5 Å². The van der Waals surface area contributed by atoms with Crippen molar-refractivity contribution >= 4 is 18.1 Å². The summed E-state index contributed by atoms with van der Waals surface area (Å²) in [6.45, 7) is 2.52. The van der Waals surface area contributed by atoms with Crippen LogP contribution in [0.1, 0.15) is 21.6 Å². The Bertz CT molecular complexity index is 863. The second-order valence-electron chi connectivity index (χ2n) is 5.32. The number of H-pyrrole nitrogens is 1. The molecule has 1 aromatic heterocycles. The molecule has 3 rings (SSSR count). The van der Waals surface area contributed by atoms with E-state index in [1.807, 2.05) is 61.5 Å². The van der Waals surface area contributed by atoms with Crippen molar-refractivity contribution in [3.05, 3.63) is 82.4 Å². The Labute approximate surface area is 139 Å². The van der Waals surface area contributed by atoms with E-state index < -0.39 is 0 Å². The summed E-state index contributed by atoms with van der Waals surface area (Å²) in [5.41, 5.74) is 3.61. The SMILES string of the molecule is Cc1ccc(CNC(=O)c2c[nH]c(=S)n2-c2ccccc2)cc1. The Morgan fingerprint density at radius 2 is 1.83 bits per heavy atom. The van der Waals surface area contributed by atoms with E-state index in [0.29, 0.717) is 17.0 Å². The lowest BCUT2D eigenvalue weighted by Crippen LogP contribution is -2.25. The zero-order valence-corrected chi connectivity index (χ0v) is 13.6. The molecule has 23 heavy (non-hydrogen) atoms. The van der Waals surface area contributed by atoms with Crippen molar-refractivity contribution in [2.75, 3.05) is 0 Å². The Morgan fingerprint density at radius 3 is 2.52 bits per heavy atom. The van der Waals surface area contributed by atoms with Gasteiger partial charge in [-0.15, -0.1) is 0 Å². The fraction of sp³-hybridized carbons (Fsp3) is 0.111. The number of hydrogen-bond donors (Lipinski definition) is 2. The first-order chi connectivity index (χ1) is 11.1. The monoisotopic (exact) mass is 323 g/mol. The number of aryl methyl sites for hydroxylation is 1. The molecule has 0 unspecified atom stereocenters. The van der Waals surface area contributed by atoms with E-state index in [0.717, 1.165) is 11.3 Å². The van der Waals surface area contributed by atoms with Gasteiger partial charge >= 0.3 is 0 Å². The van der Waals surface area contributed by atoms with Crippen molar-refractivity contribution in [2.24, 2.45) is 0 Å². The summed E-state index contributed by atoms with van der Waals surface area (Å²) < 4.78 is 2.23. The molecule has 2 aromatic carbocycles. The quantitative estimate of drug-likeness (QED) is 0.718. The average molecular weight is 323 g/mol. The van der Waals surface area contributed by atoms with Crippen LogP contribution in [-0.2, 0) is 6.54 Å². The van der Waals surface area contributed by atoms with E-state index in [9.17, 15) is 4.79 Å². The van der Waals surface area contributed by atoms with Crippen LogP contribution < -0.4 is 5.32 Å². The molecule has 0 fully saturated rings. The molecule has 0 aliphatic rings. The molecule has 0 bridgehead atoms. The minimum absolute atomic E-state index is 0.165. The molecule has 0 aliphatic heterocycles. The minimum Gasteiger partial charge on any atom is -0.347 e. The van der Waals surface area contributed by atoms with E-state index >= 15 is 0 Å². The Hall–Kier alpha value is -2.66. The molecule has 0 saturated carbocycles. The third-order valence-electron chi connectivity index (χ3n) is 3.60. The summed E-state index contributed by atoms with van der Waals surface area (Å²) in [6.07, 6.45) is 1.64. The van der Waals surface area contributed by atoms with Gasteiger partial charge in [0, 0.05) is 18.4 Å². The van der Waals surface area contributed by atoms with E-state index in [2.05, 4.69) is 10.3 Å². The van der Waals surface area contributed by atoms with Crippen molar-refractivity contribution in [1.82, 2.24) is 14.9 Å². The number of nitrogens with one attached hydrogen (secondary N) is 2. The largest absolute Gasteiger partial charge is 0.347 e. The predicted octanol–water partition coefficient (Wildman–Crippen LogP) is 3.77. The number of para-hydroxylation sites is 1. The first kappa shape index (κ1) is 15.2. The number of nitrogens with zero attached hydrogens (tertiary/aromatic N) is 1. The molecule has 0 radical (unpaired) electrons. The molecular weight excluding hydrogens is 306 g/mol. The number of imidazole rings is 1. The van der Waals surface area contributed by atoms with Gasteiger partial charge in [0.25, 0.3) is 5.91 Å². The number of amides is 1. The lowest BCUT2D eigenvalue weighted by atomic mass is 10.1. The molecule has 0 spiro atoms. The van der Waals surface area contributed by atoms with Gasteiger partial charge in [-0.1, -0.05) is 48.0 Å². The standard InChI is InChI=1S/C18H17N3OS/c1-13-7-9-14(10-8-13)11-19-17(22)16-12-20-18(23)21(16)15-5-3-2-4-6-15/h2-10,12H,11H2,1H3,(H,19,22)(H,20,23). The normalized spacial score (nSPS) is 10.5. The number of aromatic amines is 1. The van der Waals surface area contributed by atoms with E-state index in [-0.39, 0.29) is 5.91 Å². The molecule has 3 aromatic rings. The maximum Gasteiger partial charge on any atom is 0.270 e. The van der Waals surface area contributed by atoms with Crippen molar-refractivity contribution in [3.63, 3.8) is 0 Å². The van der Waals surface area contributed by atoms with Gasteiger partial charge in [-0.2, -0.15) is 0 Å². The maximum absolute atomic E-state index is 12.5. The minimum atomic E-state index is -0.165. The van der Waals surface area contributed by atoms with Crippen LogP contribution in [0.2, 0.25) is 0 Å². The highest BCUT2D eigenvalue weighted by Crippen LogP contribution is 2.12. The molecule has 5 heteroatoms. The number of carbonyl (C=O) groups excluding carboxylic acids is 1. The van der Waals surface area contributed by atoms with E-state index in [1.54, 1.807) is 10.8 Å². The van der Waals surface area contributed by atoms with Crippen LogP contribution in [0.5, 0.6) is 0 Å². The predicted molar refractivity (Wildman–Crippen MR) is 93.3 cm³/mol. The Kier molecular flexibility index (Phi) is 4.39. The van der Waals surface area contributed by atoms with Gasteiger partial charge in [-0.25, -0.2) is 0 Å². The zero-order valence-electron chi connectivity index (χ0n) is 12.7. The van der Waals surface area contributed by atoms with Crippen LogP contribution in [0.3, 0.4) is 0 Å². The number of carbonyl (C=O) groups is 1. The average Bonchev–Trinajstić information content (AvgIpc) is 2.96. The van der Waals surface area contributed by atoms with Gasteiger partial charge in [0.1, 0.15) is 5.69 Å². The van der Waals surface area contributed by atoms with Crippen molar-refractivity contribution in [1.29, 1.82) is 0 Å². The smallest absolute Gasteiger partial charge is 0.270 e. The summed E-state index contributed by atoms with van der Waals surface area (Å²) in [4.78, 5) is 15.4. The van der Waals surface area contributed by atoms with Crippen LogP contribution in [0.25, 0.3) is 5.69 Å². The summed E-state index contributed by atoms with van der Waals surface area (Å²) >= 11 is 5.29. The summed E-state index contributed by atoms with van der Waals surface area (Å²) in [5.74, 6) is -0.165. The zero-order chi connectivity index (χ0) is 16.2. The van der Waals surface area contributed by atoms with Crippen molar-refractivity contribution < 1.29 is 4.79 Å². The lowest BCUT2D eigenvalue weighted by molar-refractivity contribution is 0.0944. The number of hydrogen-bond acceptors (Lipinski definition) is 2. The summed E-state index contributed by atoms with van der Waals surface area (Å²) in [6, 6.07) is 17.7. The highest BCUT2D eigenvalue weighted by Gasteiger charge is 2.13. The van der Waals surface area contributed by atoms with Gasteiger partial charge in [0.15, 0.2) is 4.77 Å². The molecule has 0 aliphatic carbocycles. The van der Waals surface area contributed by atoms with Crippen LogP contribution in [0, 0.1) is 11.7 Å². The lowest BCUT2D eigenvalue weighted by Gasteiger charge is -2.09. The van der Waals surface area contributed by atoms with Gasteiger partial charge in [0.05, 0.1) is 0 Å². The highest BCUT2D eigenvalue weighted by atomic mass is 32.1. The molecule has 1 amide bonds. The summed E-state index contributed by atoms with van der Waals surface area (Å²) in [7, 11) is 0. The molecular formula is C18H17N3OS. The second-order valence-corrected chi connectivity index (χ2v) is 5.71. The van der Waals surface area contributed by atoms with E-state index in [4.69, 9.17) is 12.2 Å². The van der Waals surface area contributed by atoms with E-state index in [1.165, 1.54) is 5.56 Å². The van der Waals surface area contributed by atoms with Gasteiger partial charge in [0.2, 0.25) is 0 Å². The molecule has 116 valence electrons. The first-order valence-corrected chi connectivity index (χ1v) is 7.75. The fourth-order valence-electron chi connectivity index (χ4n) is 2.35. The molecule has 0 atom stereocenters. The number of aromatic nitrogens is 2. The van der Waals surface area contributed by atoms with Crippen molar-refractivity contribution in [3.8, 4) is 5.69 Å².